The highest BCUT2D eigenvalue weighted by atomic mass is 16.4. The third kappa shape index (κ3) is 2.54. The largest absolute Gasteiger partial charge is 0.465 e. The molecule has 2 atom stereocenters. The molecule has 21 heavy (non-hydrogen) atoms. The van der Waals surface area contributed by atoms with Crippen LogP contribution in [0, 0.1) is 5.92 Å². The highest BCUT2D eigenvalue weighted by Crippen LogP contribution is 2.38. The van der Waals surface area contributed by atoms with Crippen LogP contribution in [0.2, 0.25) is 0 Å². The summed E-state index contributed by atoms with van der Waals surface area (Å²) < 4.78 is 0. The maximum atomic E-state index is 12.4. The number of anilines is 1. The standard InChI is InChI=1S/C14H18N4O3/c1-8-11(19)18(3)12(16-13(20)21)17-14(8,2)9-5-4-6-10(15)7-9/h4-8H,15H2,1-3H3,(H,16,17)(H,20,21)/t8-,14-/m0/s1. The van der Waals surface area contributed by atoms with Crippen molar-refractivity contribution in [2.75, 3.05) is 12.8 Å². The van der Waals surface area contributed by atoms with Crippen molar-refractivity contribution in [3.63, 3.8) is 0 Å². The summed E-state index contributed by atoms with van der Waals surface area (Å²) in [4.78, 5) is 28.9. The maximum absolute atomic E-state index is 12.4. The van der Waals surface area contributed by atoms with Crippen molar-refractivity contribution in [2.45, 2.75) is 19.4 Å². The minimum atomic E-state index is -1.27. The van der Waals surface area contributed by atoms with Gasteiger partial charge in [-0.25, -0.2) is 9.79 Å². The van der Waals surface area contributed by atoms with E-state index >= 15 is 0 Å². The molecule has 1 heterocycles. The molecule has 1 aliphatic heterocycles. The molecule has 112 valence electrons. The van der Waals surface area contributed by atoms with Gasteiger partial charge in [0.05, 0.1) is 11.5 Å². The molecule has 7 heteroatoms. The van der Waals surface area contributed by atoms with Gasteiger partial charge >= 0.3 is 6.09 Å². The quantitative estimate of drug-likeness (QED) is 0.676. The van der Waals surface area contributed by atoms with Crippen molar-refractivity contribution < 1.29 is 14.7 Å². The Labute approximate surface area is 122 Å². The fourth-order valence-electron chi connectivity index (χ4n) is 2.40. The summed E-state index contributed by atoms with van der Waals surface area (Å²) >= 11 is 0. The highest BCUT2D eigenvalue weighted by molar-refractivity contribution is 6.05. The number of amides is 2. The van der Waals surface area contributed by atoms with Crippen molar-refractivity contribution >= 4 is 23.6 Å². The van der Waals surface area contributed by atoms with Gasteiger partial charge in [-0.3, -0.25) is 15.0 Å². The van der Waals surface area contributed by atoms with E-state index in [1.54, 1.807) is 32.0 Å². The smallest absolute Gasteiger partial charge is 0.411 e. The summed E-state index contributed by atoms with van der Waals surface area (Å²) in [6.07, 6.45) is -1.27. The van der Waals surface area contributed by atoms with E-state index < -0.39 is 17.6 Å². The van der Waals surface area contributed by atoms with E-state index in [0.717, 1.165) is 5.56 Å². The molecule has 0 aromatic heterocycles. The second-order valence-electron chi connectivity index (χ2n) is 5.26. The number of carbonyl (C=O) groups is 2. The van der Waals surface area contributed by atoms with Crippen molar-refractivity contribution in [1.29, 1.82) is 0 Å². The van der Waals surface area contributed by atoms with Crippen molar-refractivity contribution in [3.8, 4) is 0 Å². The van der Waals surface area contributed by atoms with E-state index in [4.69, 9.17) is 10.8 Å². The van der Waals surface area contributed by atoms with Crippen molar-refractivity contribution in [1.82, 2.24) is 10.2 Å². The van der Waals surface area contributed by atoms with E-state index in [1.807, 2.05) is 6.07 Å². The Morgan fingerprint density at radius 3 is 2.76 bits per heavy atom. The van der Waals surface area contributed by atoms with Crippen LogP contribution in [0.25, 0.3) is 0 Å². The molecule has 2 rings (SSSR count). The molecule has 1 aliphatic rings. The summed E-state index contributed by atoms with van der Waals surface area (Å²) in [6.45, 7) is 3.56. The minimum absolute atomic E-state index is 0.00974. The second-order valence-corrected chi connectivity index (χ2v) is 5.26. The summed E-state index contributed by atoms with van der Waals surface area (Å²) in [5, 5.41) is 11.0. The zero-order chi connectivity index (χ0) is 15.8. The molecule has 0 saturated carbocycles. The normalized spacial score (nSPS) is 25.5. The number of rotatable bonds is 1. The number of benzene rings is 1. The van der Waals surface area contributed by atoms with Crippen LogP contribution in [0.4, 0.5) is 10.5 Å². The van der Waals surface area contributed by atoms with Gasteiger partial charge < -0.3 is 10.8 Å². The van der Waals surface area contributed by atoms with Gasteiger partial charge in [0, 0.05) is 12.7 Å². The van der Waals surface area contributed by atoms with Gasteiger partial charge in [0.25, 0.3) is 0 Å². The lowest BCUT2D eigenvalue weighted by molar-refractivity contribution is -0.133. The van der Waals surface area contributed by atoms with E-state index in [0.29, 0.717) is 5.69 Å². The van der Waals surface area contributed by atoms with Crippen LogP contribution in [0.5, 0.6) is 0 Å². The van der Waals surface area contributed by atoms with Gasteiger partial charge in [0.1, 0.15) is 0 Å². The van der Waals surface area contributed by atoms with Gasteiger partial charge in [0.15, 0.2) is 0 Å². The molecule has 2 amide bonds. The van der Waals surface area contributed by atoms with Crippen LogP contribution >= 0.6 is 0 Å². The summed E-state index contributed by atoms with van der Waals surface area (Å²) in [6, 6.07) is 7.10. The van der Waals surface area contributed by atoms with Crippen LogP contribution in [0.15, 0.2) is 29.3 Å². The third-order valence-corrected chi connectivity index (χ3v) is 3.89. The Bertz CT molecular complexity index is 628. The number of hydrogen-bond donors (Lipinski definition) is 3. The first kappa shape index (κ1) is 14.8. The first-order chi connectivity index (χ1) is 9.75. The molecule has 1 aromatic carbocycles. The van der Waals surface area contributed by atoms with Gasteiger partial charge in [-0.2, -0.15) is 0 Å². The summed E-state index contributed by atoms with van der Waals surface area (Å²) in [5.74, 6) is -0.641. The molecule has 0 fully saturated rings. The Kier molecular flexibility index (Phi) is 3.59. The molecule has 1 aromatic rings. The lowest BCUT2D eigenvalue weighted by Crippen LogP contribution is -2.55. The SMILES string of the molecule is C[C@H]1C(=O)N(C)C(NC(=O)O)=N[C@]1(C)c1cccc(N)c1. The average molecular weight is 290 g/mol. The summed E-state index contributed by atoms with van der Waals surface area (Å²) in [7, 11) is 1.49. The molecule has 0 spiro atoms. The van der Waals surface area contributed by atoms with Crippen LogP contribution in [-0.4, -0.2) is 35.0 Å². The molecular formula is C14H18N4O3. The van der Waals surface area contributed by atoms with E-state index in [1.165, 1.54) is 11.9 Å². The fourth-order valence-corrected chi connectivity index (χ4v) is 2.40. The number of guanidine groups is 1. The Morgan fingerprint density at radius 1 is 1.52 bits per heavy atom. The first-order valence-electron chi connectivity index (χ1n) is 6.49. The lowest BCUT2D eigenvalue weighted by Gasteiger charge is -2.39. The molecule has 0 radical (unpaired) electrons. The predicted octanol–water partition coefficient (Wildman–Crippen LogP) is 1.22. The fraction of sp³-hybridized carbons (Fsp3) is 0.357. The second kappa shape index (κ2) is 5.08. The van der Waals surface area contributed by atoms with E-state index in [2.05, 4.69) is 10.3 Å². The van der Waals surface area contributed by atoms with Crippen LogP contribution in [0.3, 0.4) is 0 Å². The molecule has 0 unspecified atom stereocenters. The predicted molar refractivity (Wildman–Crippen MR) is 78.7 cm³/mol. The lowest BCUT2D eigenvalue weighted by atomic mass is 9.79. The van der Waals surface area contributed by atoms with Crippen LogP contribution in [-0.2, 0) is 10.3 Å². The first-order valence-corrected chi connectivity index (χ1v) is 6.49. The van der Waals surface area contributed by atoms with Crippen LogP contribution < -0.4 is 11.1 Å². The maximum Gasteiger partial charge on any atom is 0.411 e. The number of nitrogen functional groups attached to an aromatic ring is 1. The number of carboxylic acid groups (broad SMARTS) is 1. The van der Waals surface area contributed by atoms with Crippen LogP contribution in [0.1, 0.15) is 19.4 Å². The summed E-state index contributed by atoms with van der Waals surface area (Å²) in [5.41, 5.74) is 6.25. The monoisotopic (exact) mass is 290 g/mol. The molecule has 0 bridgehead atoms. The molecule has 0 saturated heterocycles. The van der Waals surface area contributed by atoms with E-state index in [-0.39, 0.29) is 11.9 Å². The Balaban J connectivity index is 2.56. The Morgan fingerprint density at radius 2 is 2.19 bits per heavy atom. The van der Waals surface area contributed by atoms with Gasteiger partial charge in [-0.15, -0.1) is 0 Å². The molecular weight excluding hydrogens is 272 g/mol. The van der Waals surface area contributed by atoms with Gasteiger partial charge in [0.2, 0.25) is 11.9 Å². The van der Waals surface area contributed by atoms with Gasteiger partial charge in [-0.05, 0) is 24.6 Å². The number of nitrogens with one attached hydrogen (secondary N) is 1. The minimum Gasteiger partial charge on any atom is -0.465 e. The number of nitrogens with zero attached hydrogens (tertiary/aromatic N) is 2. The van der Waals surface area contributed by atoms with E-state index in [9.17, 15) is 9.59 Å². The number of nitrogens with two attached hydrogens (primary N) is 1. The molecule has 4 N–H and O–H groups in total. The Hall–Kier alpha value is -2.57. The zero-order valence-electron chi connectivity index (χ0n) is 12.1. The third-order valence-electron chi connectivity index (χ3n) is 3.89. The number of carbonyl (C=O) groups excluding carboxylic acids is 1. The molecule has 0 aliphatic carbocycles. The average Bonchev–Trinajstić information content (AvgIpc) is 2.42. The molecule has 7 nitrogen and oxygen atoms in total. The van der Waals surface area contributed by atoms with Crippen molar-refractivity contribution in [3.05, 3.63) is 29.8 Å². The number of aliphatic imine (C=N–C) groups is 1. The topological polar surface area (TPSA) is 108 Å². The number of hydrogen-bond acceptors (Lipinski definition) is 4. The van der Waals surface area contributed by atoms with Crippen molar-refractivity contribution in [2.24, 2.45) is 10.9 Å². The highest BCUT2D eigenvalue weighted by Gasteiger charge is 2.44. The zero-order valence-corrected chi connectivity index (χ0v) is 12.1. The van der Waals surface area contributed by atoms with Gasteiger partial charge in [-0.1, -0.05) is 19.1 Å².